The summed E-state index contributed by atoms with van der Waals surface area (Å²) in [6, 6.07) is 16.4. The van der Waals surface area contributed by atoms with Crippen molar-refractivity contribution in [2.24, 2.45) is 10.7 Å². The standard InChI is InChI=1S/C33H39N6O2.C2H6.U/c1-23(2)15-27(20-38(5)22-40)26-11-12-30-29(16-26)33(37-32(36-30)28(17-34)19-35-18-24(3)4)39-13-14-41-21-31(39)25-9-7-6-8-10-25;1-2;/h6-12,15-17,19-20,22,31H,13-14,18,21,34H2,1-5H3;1-2H3;/q-1;;/b27-20+,28-17+,35-19?;;. The fourth-order valence-electron chi connectivity index (χ4n) is 4.71. The third-order valence-electron chi connectivity index (χ3n) is 6.62. The van der Waals surface area contributed by atoms with Gasteiger partial charge in [0, 0.05) is 68.7 Å². The predicted octanol–water partition coefficient (Wildman–Crippen LogP) is 6.61. The normalized spacial score (nSPS) is 15.5. The number of allylic oxidation sites excluding steroid dienone is 4. The molecule has 232 valence electrons. The zero-order valence-electron chi connectivity index (χ0n) is 27.0. The van der Waals surface area contributed by atoms with Crippen molar-refractivity contribution in [2.75, 3.05) is 38.3 Å². The number of nitrogens with zero attached hydrogens (tertiary/aromatic N) is 5. The number of aliphatic imine (C=N–C) groups is 1. The zero-order chi connectivity index (χ0) is 31.4. The molecule has 0 bridgehead atoms. The van der Waals surface area contributed by atoms with Gasteiger partial charge in [0.05, 0.1) is 30.3 Å². The van der Waals surface area contributed by atoms with Gasteiger partial charge in [0.25, 0.3) is 0 Å². The Kier molecular flexibility index (Phi) is 15.6. The van der Waals surface area contributed by atoms with Crippen LogP contribution in [-0.4, -0.2) is 60.8 Å². The summed E-state index contributed by atoms with van der Waals surface area (Å²) in [5, 5.41) is 0.905. The molecule has 9 heteroatoms. The Hall–Kier alpha value is -3.25. The second-order valence-corrected chi connectivity index (χ2v) is 10.7. The number of fused-ring (bicyclic) bond motifs is 1. The SMILES string of the molecule is CC.CC(C)=C/C(=C\N(C)C=O)c1ccc2nc(/C(C=NC[C-](C)C)=C/N)nc(N3CCOCC3c3ccccc3)c2c1.[U]. The minimum Gasteiger partial charge on any atom is -0.404 e. The van der Waals surface area contributed by atoms with E-state index in [-0.39, 0.29) is 37.2 Å². The molecular weight excluding hydrogens is 774 g/mol. The Bertz CT molecular complexity index is 1480. The van der Waals surface area contributed by atoms with Crippen molar-refractivity contribution >= 4 is 40.5 Å². The molecule has 2 heterocycles. The third-order valence-corrected chi connectivity index (χ3v) is 6.62. The minimum atomic E-state index is -0.0233. The van der Waals surface area contributed by atoms with Crippen LogP contribution in [-0.2, 0) is 9.53 Å². The average molecular weight is 820 g/mol. The molecular formula is C35H45N6O2U-. The van der Waals surface area contributed by atoms with Crippen LogP contribution in [0, 0.1) is 37.0 Å². The van der Waals surface area contributed by atoms with Gasteiger partial charge in [-0.2, -0.15) is 13.8 Å². The molecule has 1 saturated heterocycles. The number of benzene rings is 2. The van der Waals surface area contributed by atoms with E-state index in [9.17, 15) is 4.79 Å². The van der Waals surface area contributed by atoms with E-state index >= 15 is 0 Å². The summed E-state index contributed by atoms with van der Waals surface area (Å²) in [7, 11) is 1.73. The fraction of sp³-hybridized carbons (Fsp3) is 0.343. The third kappa shape index (κ3) is 9.88. The van der Waals surface area contributed by atoms with Crippen LogP contribution in [0.1, 0.15) is 64.5 Å². The van der Waals surface area contributed by atoms with E-state index in [1.807, 2.05) is 78.1 Å². The first kappa shape index (κ1) is 36.9. The zero-order valence-corrected chi connectivity index (χ0v) is 31.2. The maximum atomic E-state index is 11.4. The van der Waals surface area contributed by atoms with Gasteiger partial charge in [-0.1, -0.05) is 68.4 Å². The minimum absolute atomic E-state index is 0. The molecule has 3 aromatic rings. The summed E-state index contributed by atoms with van der Waals surface area (Å²) >= 11 is 0. The molecule has 2 N–H and O–H groups in total. The number of carbonyl (C=O) groups is 1. The van der Waals surface area contributed by atoms with Gasteiger partial charge in [-0.25, -0.2) is 9.97 Å². The summed E-state index contributed by atoms with van der Waals surface area (Å²) < 4.78 is 5.94. The molecule has 1 atom stereocenters. The molecule has 1 amide bonds. The molecule has 2 aromatic carbocycles. The van der Waals surface area contributed by atoms with Crippen LogP contribution >= 0.6 is 0 Å². The van der Waals surface area contributed by atoms with E-state index in [0.717, 1.165) is 45.4 Å². The summed E-state index contributed by atoms with van der Waals surface area (Å²) in [6.45, 7) is 14.6. The molecule has 0 saturated carbocycles. The second kappa shape index (κ2) is 18.5. The average Bonchev–Trinajstić information content (AvgIpc) is 3.03. The van der Waals surface area contributed by atoms with E-state index in [2.05, 4.69) is 34.2 Å². The van der Waals surface area contributed by atoms with E-state index in [4.69, 9.17) is 20.4 Å². The summed E-state index contributed by atoms with van der Waals surface area (Å²) in [5.41, 5.74) is 11.7. The number of hydrogen-bond donors (Lipinski definition) is 1. The van der Waals surface area contributed by atoms with Crippen molar-refractivity contribution < 1.29 is 40.6 Å². The van der Waals surface area contributed by atoms with Crippen molar-refractivity contribution in [1.82, 2.24) is 14.9 Å². The van der Waals surface area contributed by atoms with Gasteiger partial charge in [-0.05, 0) is 42.7 Å². The van der Waals surface area contributed by atoms with Crippen molar-refractivity contribution in [3.05, 3.63) is 95.4 Å². The number of anilines is 1. The number of carbonyl (C=O) groups excluding carboxylic acids is 1. The van der Waals surface area contributed by atoms with Gasteiger partial charge in [0.1, 0.15) is 5.82 Å². The predicted molar refractivity (Wildman–Crippen MR) is 180 cm³/mol. The number of amides is 1. The first-order chi connectivity index (χ1) is 20.8. The Morgan fingerprint density at radius 3 is 2.50 bits per heavy atom. The molecule has 4 rings (SSSR count). The van der Waals surface area contributed by atoms with Crippen molar-refractivity contribution in [3.63, 3.8) is 0 Å². The quantitative estimate of drug-likeness (QED) is 0.107. The first-order valence-corrected chi connectivity index (χ1v) is 14.8. The van der Waals surface area contributed by atoms with Gasteiger partial charge in [0.15, 0.2) is 5.82 Å². The number of hydrogen-bond acceptors (Lipinski definition) is 7. The molecule has 0 radical (unpaired) electrons. The molecule has 1 fully saturated rings. The van der Waals surface area contributed by atoms with Crippen LogP contribution in [0.25, 0.3) is 22.0 Å². The molecule has 8 nitrogen and oxygen atoms in total. The van der Waals surface area contributed by atoms with Crippen molar-refractivity contribution in [3.8, 4) is 0 Å². The smallest absolute Gasteiger partial charge is 0.213 e. The fourth-order valence-corrected chi connectivity index (χ4v) is 4.71. The number of morpholine rings is 1. The van der Waals surface area contributed by atoms with Crippen LogP contribution in [0.4, 0.5) is 5.82 Å². The number of aromatic nitrogens is 2. The summed E-state index contributed by atoms with van der Waals surface area (Å²) in [5.74, 6) is 2.51. The van der Waals surface area contributed by atoms with E-state index < -0.39 is 0 Å². The Labute approximate surface area is 286 Å². The number of rotatable bonds is 10. The molecule has 0 aliphatic carbocycles. The number of ether oxygens (including phenoxy) is 1. The molecule has 44 heavy (non-hydrogen) atoms. The topological polar surface area (TPSA) is 96.9 Å². The van der Waals surface area contributed by atoms with Crippen LogP contribution < -0.4 is 10.6 Å². The number of nitrogens with two attached hydrogens (primary N) is 1. The molecule has 1 aliphatic rings. The monoisotopic (exact) mass is 819 g/mol. The van der Waals surface area contributed by atoms with E-state index in [1.165, 1.54) is 17.0 Å². The van der Waals surface area contributed by atoms with Crippen molar-refractivity contribution in [1.29, 1.82) is 0 Å². The van der Waals surface area contributed by atoms with Gasteiger partial charge in [-0.3, -0.25) is 10.7 Å². The molecule has 1 aromatic heterocycles. The molecule has 1 unspecified atom stereocenters. The van der Waals surface area contributed by atoms with E-state index in [1.54, 1.807) is 13.3 Å². The Morgan fingerprint density at radius 1 is 1.14 bits per heavy atom. The Balaban J connectivity index is 0.00000220. The van der Waals surface area contributed by atoms with Crippen LogP contribution in [0.2, 0.25) is 0 Å². The molecule has 1 aliphatic heterocycles. The van der Waals surface area contributed by atoms with Gasteiger partial charge in [-0.15, -0.1) is 0 Å². The van der Waals surface area contributed by atoms with Gasteiger partial charge >= 0.3 is 0 Å². The first-order valence-electron chi connectivity index (χ1n) is 14.8. The van der Waals surface area contributed by atoms with Crippen LogP contribution in [0.5, 0.6) is 0 Å². The summed E-state index contributed by atoms with van der Waals surface area (Å²) in [6.07, 6.45) is 7.93. The van der Waals surface area contributed by atoms with E-state index in [0.29, 0.717) is 37.7 Å². The van der Waals surface area contributed by atoms with Gasteiger partial charge in [0.2, 0.25) is 6.41 Å². The Morgan fingerprint density at radius 2 is 1.86 bits per heavy atom. The van der Waals surface area contributed by atoms with Gasteiger partial charge < -0.3 is 25.3 Å². The maximum Gasteiger partial charge on any atom is 0.213 e. The van der Waals surface area contributed by atoms with Crippen LogP contribution in [0.3, 0.4) is 0 Å². The van der Waals surface area contributed by atoms with Crippen LogP contribution in [0.15, 0.2) is 77.6 Å². The largest absolute Gasteiger partial charge is 0.404 e. The second-order valence-electron chi connectivity index (χ2n) is 10.7. The van der Waals surface area contributed by atoms with Crippen molar-refractivity contribution in [2.45, 2.75) is 47.6 Å². The summed E-state index contributed by atoms with van der Waals surface area (Å²) in [4.78, 5) is 29.8. The molecule has 0 spiro atoms. The maximum absolute atomic E-state index is 11.4.